The Kier molecular flexibility index (Phi) is 5.16. The van der Waals surface area contributed by atoms with Crippen molar-refractivity contribution in [1.82, 2.24) is 5.32 Å². The van der Waals surface area contributed by atoms with Crippen LogP contribution in [0.4, 0.5) is 4.79 Å². The van der Waals surface area contributed by atoms with Crippen LogP contribution in [0.1, 0.15) is 33.6 Å². The number of oxime groups is 1. The first-order valence-corrected chi connectivity index (χ1v) is 6.57. The van der Waals surface area contributed by atoms with Gasteiger partial charge in [-0.15, -0.1) is 0 Å². The third kappa shape index (κ3) is 5.91. The molecule has 0 aromatic heterocycles. The molecule has 0 saturated heterocycles. The van der Waals surface area contributed by atoms with E-state index in [-0.39, 0.29) is 12.5 Å². The molecule has 108 valence electrons. The SMILES string of the molecule is CC(C)(C)OC(=O)N[C@H](C[C@@H]1CC(Br)=NO1)C(=O)O. The van der Waals surface area contributed by atoms with Gasteiger partial charge in [-0.05, 0) is 36.7 Å². The molecular weight excluding hydrogens is 320 g/mol. The van der Waals surface area contributed by atoms with Crippen LogP contribution in [0, 0.1) is 0 Å². The molecule has 0 bridgehead atoms. The minimum atomic E-state index is -1.14. The molecule has 1 heterocycles. The first kappa shape index (κ1) is 15.7. The minimum absolute atomic E-state index is 0.118. The maximum Gasteiger partial charge on any atom is 0.408 e. The molecule has 19 heavy (non-hydrogen) atoms. The lowest BCUT2D eigenvalue weighted by molar-refractivity contribution is -0.140. The molecule has 0 aromatic carbocycles. The topological polar surface area (TPSA) is 97.2 Å². The molecule has 0 aliphatic carbocycles. The Hall–Kier alpha value is -1.31. The largest absolute Gasteiger partial charge is 0.480 e. The number of alkyl carbamates (subject to hydrolysis) is 1. The number of carboxylic acid groups (broad SMARTS) is 1. The van der Waals surface area contributed by atoms with Crippen molar-refractivity contribution in [2.24, 2.45) is 5.16 Å². The van der Waals surface area contributed by atoms with Crippen molar-refractivity contribution in [3.05, 3.63) is 0 Å². The Balaban J connectivity index is 2.50. The molecule has 1 rings (SSSR count). The van der Waals surface area contributed by atoms with Gasteiger partial charge in [0, 0.05) is 12.8 Å². The predicted molar refractivity (Wildman–Crippen MR) is 71.3 cm³/mol. The lowest BCUT2D eigenvalue weighted by Gasteiger charge is -2.22. The highest BCUT2D eigenvalue weighted by molar-refractivity contribution is 9.18. The fourth-order valence-corrected chi connectivity index (χ4v) is 1.90. The highest BCUT2D eigenvalue weighted by Crippen LogP contribution is 2.19. The van der Waals surface area contributed by atoms with Crippen molar-refractivity contribution in [2.45, 2.75) is 51.4 Å². The molecule has 0 spiro atoms. The van der Waals surface area contributed by atoms with Crippen molar-refractivity contribution in [1.29, 1.82) is 0 Å². The number of carboxylic acids is 1. The quantitative estimate of drug-likeness (QED) is 0.816. The molecule has 0 saturated carbocycles. The maximum absolute atomic E-state index is 11.5. The molecule has 0 aromatic rings. The summed E-state index contributed by atoms with van der Waals surface area (Å²) < 4.78 is 5.64. The van der Waals surface area contributed by atoms with Crippen molar-refractivity contribution >= 4 is 32.6 Å². The number of amides is 1. The Morgan fingerprint density at radius 3 is 2.68 bits per heavy atom. The number of nitrogens with one attached hydrogen (secondary N) is 1. The van der Waals surface area contributed by atoms with Gasteiger partial charge in [0.1, 0.15) is 22.4 Å². The van der Waals surface area contributed by atoms with Crippen molar-refractivity contribution < 1.29 is 24.3 Å². The Morgan fingerprint density at radius 2 is 2.26 bits per heavy atom. The van der Waals surface area contributed by atoms with E-state index in [2.05, 4.69) is 26.4 Å². The number of aliphatic carboxylic acids is 1. The van der Waals surface area contributed by atoms with Gasteiger partial charge in [-0.2, -0.15) is 0 Å². The van der Waals surface area contributed by atoms with Crippen molar-refractivity contribution in [2.75, 3.05) is 0 Å². The van der Waals surface area contributed by atoms with Gasteiger partial charge in [-0.1, -0.05) is 5.16 Å². The predicted octanol–water partition coefficient (Wildman–Crippen LogP) is 1.85. The molecule has 7 nitrogen and oxygen atoms in total. The van der Waals surface area contributed by atoms with Crippen LogP contribution < -0.4 is 5.32 Å². The average molecular weight is 337 g/mol. The van der Waals surface area contributed by atoms with Gasteiger partial charge in [0.25, 0.3) is 0 Å². The van der Waals surface area contributed by atoms with Crippen molar-refractivity contribution in [3.63, 3.8) is 0 Å². The summed E-state index contributed by atoms with van der Waals surface area (Å²) in [5.41, 5.74) is -0.677. The summed E-state index contributed by atoms with van der Waals surface area (Å²) in [6.45, 7) is 5.11. The van der Waals surface area contributed by atoms with Crippen LogP contribution in [0.15, 0.2) is 5.16 Å². The van der Waals surface area contributed by atoms with Crippen LogP contribution in [-0.4, -0.2) is 39.5 Å². The maximum atomic E-state index is 11.5. The molecular formula is C11H17BrN2O5. The van der Waals surface area contributed by atoms with Gasteiger partial charge in [-0.25, -0.2) is 9.59 Å². The normalized spacial score (nSPS) is 20.2. The molecule has 0 unspecified atom stereocenters. The molecule has 0 radical (unpaired) electrons. The second-order valence-electron chi connectivity index (χ2n) is 5.17. The number of rotatable bonds is 4. The third-order valence-electron chi connectivity index (χ3n) is 2.18. The summed E-state index contributed by atoms with van der Waals surface area (Å²) in [4.78, 5) is 27.6. The first-order valence-electron chi connectivity index (χ1n) is 5.78. The minimum Gasteiger partial charge on any atom is -0.480 e. The van der Waals surface area contributed by atoms with Crippen molar-refractivity contribution in [3.8, 4) is 0 Å². The molecule has 2 N–H and O–H groups in total. The van der Waals surface area contributed by atoms with Crippen LogP contribution in [0.3, 0.4) is 0 Å². The summed E-state index contributed by atoms with van der Waals surface area (Å²) in [7, 11) is 0. The van der Waals surface area contributed by atoms with Gasteiger partial charge < -0.3 is 20.0 Å². The monoisotopic (exact) mass is 336 g/mol. The van der Waals surface area contributed by atoms with E-state index in [0.717, 1.165) is 0 Å². The Labute approximate surface area is 119 Å². The smallest absolute Gasteiger partial charge is 0.408 e. The number of carbonyl (C=O) groups is 2. The van der Waals surface area contributed by atoms with Gasteiger partial charge in [-0.3, -0.25) is 0 Å². The summed E-state index contributed by atoms with van der Waals surface area (Å²) in [5.74, 6) is -1.14. The Bertz CT molecular complexity index is 391. The summed E-state index contributed by atoms with van der Waals surface area (Å²) >= 11 is 3.16. The van der Waals surface area contributed by atoms with E-state index < -0.39 is 23.7 Å². The number of halogens is 1. The third-order valence-corrected chi connectivity index (χ3v) is 2.65. The van der Waals surface area contributed by atoms with Gasteiger partial charge in [0.05, 0.1) is 0 Å². The highest BCUT2D eigenvalue weighted by Gasteiger charge is 2.30. The van der Waals surface area contributed by atoms with E-state index in [4.69, 9.17) is 14.7 Å². The van der Waals surface area contributed by atoms with Crippen LogP contribution in [0.2, 0.25) is 0 Å². The zero-order chi connectivity index (χ0) is 14.6. The van der Waals surface area contributed by atoms with E-state index in [1.165, 1.54) is 0 Å². The number of nitrogens with zero attached hydrogens (tertiary/aromatic N) is 1. The fourth-order valence-electron chi connectivity index (χ4n) is 1.45. The summed E-state index contributed by atoms with van der Waals surface area (Å²) in [6, 6.07) is -1.08. The van der Waals surface area contributed by atoms with E-state index in [0.29, 0.717) is 11.0 Å². The standard InChI is InChI=1S/C11H17BrN2O5/c1-11(2,3)18-10(17)13-7(9(15)16)4-6-5-8(12)14-19-6/h6-7H,4-5H2,1-3H3,(H,13,17)(H,15,16)/t6-,7-/m1/s1. The molecule has 1 aliphatic heterocycles. The zero-order valence-electron chi connectivity index (χ0n) is 11.0. The highest BCUT2D eigenvalue weighted by atomic mass is 79.9. The van der Waals surface area contributed by atoms with Crippen LogP contribution >= 0.6 is 15.9 Å². The molecule has 8 heteroatoms. The van der Waals surface area contributed by atoms with Crippen LogP contribution in [0.25, 0.3) is 0 Å². The van der Waals surface area contributed by atoms with Crippen LogP contribution in [-0.2, 0) is 14.4 Å². The Morgan fingerprint density at radius 1 is 1.63 bits per heavy atom. The molecule has 1 aliphatic rings. The number of hydrogen-bond donors (Lipinski definition) is 2. The second-order valence-corrected chi connectivity index (χ2v) is 6.09. The number of hydrogen-bond acceptors (Lipinski definition) is 5. The number of ether oxygens (including phenoxy) is 1. The van der Waals surface area contributed by atoms with E-state index in [9.17, 15) is 9.59 Å². The average Bonchev–Trinajstić information content (AvgIpc) is 2.60. The summed E-state index contributed by atoms with van der Waals surface area (Å²) in [6.07, 6.45) is -0.532. The second kappa shape index (κ2) is 6.23. The fraction of sp³-hybridized carbons (Fsp3) is 0.727. The van der Waals surface area contributed by atoms with Gasteiger partial charge in [0.15, 0.2) is 0 Å². The van der Waals surface area contributed by atoms with E-state index in [1.807, 2.05) is 0 Å². The number of carbonyl (C=O) groups excluding carboxylic acids is 1. The first-order chi connectivity index (χ1) is 8.67. The molecule has 2 atom stereocenters. The molecule has 1 amide bonds. The van der Waals surface area contributed by atoms with Crippen LogP contribution in [0.5, 0.6) is 0 Å². The van der Waals surface area contributed by atoms with Gasteiger partial charge in [0.2, 0.25) is 0 Å². The molecule has 0 fully saturated rings. The zero-order valence-corrected chi connectivity index (χ0v) is 12.6. The summed E-state index contributed by atoms with van der Waals surface area (Å²) in [5, 5.41) is 15.0. The van der Waals surface area contributed by atoms with Gasteiger partial charge >= 0.3 is 12.1 Å². The lowest BCUT2D eigenvalue weighted by Crippen LogP contribution is -2.45. The van der Waals surface area contributed by atoms with E-state index >= 15 is 0 Å². The lowest BCUT2D eigenvalue weighted by atomic mass is 10.1. The van der Waals surface area contributed by atoms with E-state index in [1.54, 1.807) is 20.8 Å².